The molecular weight excluding hydrogens is 330 g/mol. The summed E-state index contributed by atoms with van der Waals surface area (Å²) in [4.78, 5) is 31.6. The number of fused-ring (bicyclic) bond motifs is 1. The van der Waals surface area contributed by atoms with Crippen LogP contribution in [0.15, 0.2) is 60.9 Å². The Morgan fingerprint density at radius 2 is 2.04 bits per heavy atom. The average Bonchev–Trinajstić information content (AvgIpc) is 3.09. The van der Waals surface area contributed by atoms with E-state index in [9.17, 15) is 9.59 Å². The lowest BCUT2D eigenvalue weighted by atomic mass is 10.0. The normalized spacial score (nSPS) is 12.2. The highest BCUT2D eigenvalue weighted by Gasteiger charge is 2.22. The number of rotatable bonds is 6. The number of ether oxygens (including phenoxy) is 1. The second-order valence-electron chi connectivity index (χ2n) is 5.74. The lowest BCUT2D eigenvalue weighted by Gasteiger charge is -2.15. The number of hydrogen-bond donors (Lipinski definition) is 2. The van der Waals surface area contributed by atoms with Crippen molar-refractivity contribution >= 4 is 28.9 Å². The number of nitrogens with one attached hydrogen (secondary N) is 2. The molecule has 0 saturated heterocycles. The van der Waals surface area contributed by atoms with Gasteiger partial charge in [-0.3, -0.25) is 9.78 Å². The molecule has 0 spiro atoms. The van der Waals surface area contributed by atoms with Crippen LogP contribution in [-0.2, 0) is 20.7 Å². The van der Waals surface area contributed by atoms with E-state index in [0.29, 0.717) is 12.1 Å². The molecule has 26 heavy (non-hydrogen) atoms. The number of H-pyrrole nitrogens is 1. The van der Waals surface area contributed by atoms with Gasteiger partial charge in [0.15, 0.2) is 0 Å². The number of benzene rings is 1. The fourth-order valence-corrected chi connectivity index (χ4v) is 2.71. The van der Waals surface area contributed by atoms with Crippen LogP contribution in [0, 0.1) is 0 Å². The summed E-state index contributed by atoms with van der Waals surface area (Å²) in [6.45, 7) is 0. The first-order valence-corrected chi connectivity index (χ1v) is 8.20. The van der Waals surface area contributed by atoms with Gasteiger partial charge in [-0.15, -0.1) is 0 Å². The van der Waals surface area contributed by atoms with Crippen molar-refractivity contribution in [2.24, 2.45) is 0 Å². The van der Waals surface area contributed by atoms with E-state index in [2.05, 4.69) is 15.3 Å². The van der Waals surface area contributed by atoms with E-state index in [-0.39, 0.29) is 5.91 Å². The van der Waals surface area contributed by atoms with Crippen LogP contribution in [0.4, 0.5) is 0 Å². The topological polar surface area (TPSA) is 84.1 Å². The molecule has 6 heteroatoms. The van der Waals surface area contributed by atoms with E-state index < -0.39 is 12.0 Å². The summed E-state index contributed by atoms with van der Waals surface area (Å²) in [6.07, 6.45) is 6.77. The number of amides is 1. The zero-order valence-corrected chi connectivity index (χ0v) is 14.3. The molecule has 0 aliphatic carbocycles. The van der Waals surface area contributed by atoms with Gasteiger partial charge in [0.05, 0.1) is 12.8 Å². The van der Waals surface area contributed by atoms with E-state index in [1.165, 1.54) is 13.2 Å². The van der Waals surface area contributed by atoms with Crippen LogP contribution >= 0.6 is 0 Å². The van der Waals surface area contributed by atoms with E-state index in [4.69, 9.17) is 4.74 Å². The molecule has 0 aliphatic rings. The van der Waals surface area contributed by atoms with Crippen molar-refractivity contribution in [3.05, 3.63) is 72.2 Å². The molecule has 2 heterocycles. The van der Waals surface area contributed by atoms with Crippen LogP contribution in [0.5, 0.6) is 0 Å². The lowest BCUT2D eigenvalue weighted by Crippen LogP contribution is -2.42. The predicted molar refractivity (Wildman–Crippen MR) is 99.2 cm³/mol. The van der Waals surface area contributed by atoms with E-state index in [0.717, 1.165) is 16.5 Å². The predicted octanol–water partition coefficient (Wildman–Crippen LogP) is 2.48. The van der Waals surface area contributed by atoms with Crippen molar-refractivity contribution in [1.82, 2.24) is 15.3 Å². The maximum atomic E-state index is 12.2. The first-order chi connectivity index (χ1) is 12.7. The largest absolute Gasteiger partial charge is 0.467 e. The summed E-state index contributed by atoms with van der Waals surface area (Å²) < 4.78 is 4.84. The molecule has 3 rings (SSSR count). The molecule has 0 bridgehead atoms. The highest BCUT2D eigenvalue weighted by Crippen LogP contribution is 2.19. The second kappa shape index (κ2) is 8.11. The fraction of sp³-hybridized carbons (Fsp3) is 0.150. The summed E-state index contributed by atoms with van der Waals surface area (Å²) in [7, 11) is 1.31. The van der Waals surface area contributed by atoms with Crippen LogP contribution in [0.2, 0.25) is 0 Å². The molecule has 1 unspecified atom stereocenters. The third-order valence-electron chi connectivity index (χ3n) is 3.99. The maximum Gasteiger partial charge on any atom is 0.328 e. The first-order valence-electron chi connectivity index (χ1n) is 8.20. The van der Waals surface area contributed by atoms with Gasteiger partial charge in [-0.25, -0.2) is 4.79 Å². The molecule has 2 aromatic heterocycles. The van der Waals surface area contributed by atoms with Crippen molar-refractivity contribution in [3.63, 3.8) is 0 Å². The van der Waals surface area contributed by atoms with Crippen molar-refractivity contribution in [2.45, 2.75) is 12.5 Å². The van der Waals surface area contributed by atoms with Crippen molar-refractivity contribution < 1.29 is 14.3 Å². The lowest BCUT2D eigenvalue weighted by molar-refractivity contribution is -0.144. The molecule has 0 aliphatic heterocycles. The molecule has 6 nitrogen and oxygen atoms in total. The highest BCUT2D eigenvalue weighted by atomic mass is 16.5. The van der Waals surface area contributed by atoms with Gasteiger partial charge in [0, 0.05) is 35.8 Å². The number of para-hydroxylation sites is 1. The third-order valence-corrected chi connectivity index (χ3v) is 3.99. The Balaban J connectivity index is 1.73. The van der Waals surface area contributed by atoms with Crippen LogP contribution in [0.25, 0.3) is 17.0 Å². The minimum atomic E-state index is -0.778. The quantitative estimate of drug-likeness (QED) is 0.529. The van der Waals surface area contributed by atoms with Gasteiger partial charge < -0.3 is 15.0 Å². The minimum absolute atomic E-state index is 0.333. The minimum Gasteiger partial charge on any atom is -0.467 e. The fourth-order valence-electron chi connectivity index (χ4n) is 2.71. The molecule has 0 saturated carbocycles. The summed E-state index contributed by atoms with van der Waals surface area (Å²) in [5, 5.41) is 3.71. The van der Waals surface area contributed by atoms with Crippen molar-refractivity contribution in [2.75, 3.05) is 7.11 Å². The number of aromatic nitrogens is 2. The zero-order valence-electron chi connectivity index (χ0n) is 14.3. The van der Waals surface area contributed by atoms with Crippen molar-refractivity contribution in [3.8, 4) is 0 Å². The highest BCUT2D eigenvalue weighted by molar-refractivity contribution is 5.94. The summed E-state index contributed by atoms with van der Waals surface area (Å²) >= 11 is 0. The Morgan fingerprint density at radius 3 is 2.81 bits per heavy atom. The number of pyridine rings is 1. The number of aromatic amines is 1. The zero-order chi connectivity index (χ0) is 18.4. The first kappa shape index (κ1) is 17.4. The third kappa shape index (κ3) is 4.16. The smallest absolute Gasteiger partial charge is 0.328 e. The Morgan fingerprint density at radius 1 is 1.23 bits per heavy atom. The Bertz CT molecular complexity index is 932. The maximum absolute atomic E-state index is 12.2. The van der Waals surface area contributed by atoms with Crippen molar-refractivity contribution in [1.29, 1.82) is 0 Å². The van der Waals surface area contributed by atoms with Crippen LogP contribution in [-0.4, -0.2) is 35.0 Å². The summed E-state index contributed by atoms with van der Waals surface area (Å²) in [6, 6.07) is 12.4. The Labute approximate surface area is 150 Å². The SMILES string of the molecule is COC(=O)C(Cc1c[nH]c2ccccc12)NC(=O)/C=C/c1ccccn1. The molecular formula is C20H19N3O3. The van der Waals surface area contributed by atoms with Gasteiger partial charge in [0.1, 0.15) is 6.04 Å². The molecule has 1 aromatic carbocycles. The number of methoxy groups -OCH3 is 1. The van der Waals surface area contributed by atoms with E-state index >= 15 is 0 Å². The molecule has 0 fully saturated rings. The Hall–Kier alpha value is -3.41. The molecule has 132 valence electrons. The second-order valence-corrected chi connectivity index (χ2v) is 5.74. The number of esters is 1. The number of nitrogens with zero attached hydrogens (tertiary/aromatic N) is 1. The monoisotopic (exact) mass is 349 g/mol. The van der Waals surface area contributed by atoms with Gasteiger partial charge in [0.25, 0.3) is 0 Å². The van der Waals surface area contributed by atoms with Gasteiger partial charge in [-0.2, -0.15) is 0 Å². The molecule has 3 aromatic rings. The molecule has 0 radical (unpaired) electrons. The van der Waals surface area contributed by atoms with Gasteiger partial charge in [-0.1, -0.05) is 24.3 Å². The van der Waals surface area contributed by atoms with Crippen LogP contribution < -0.4 is 5.32 Å². The van der Waals surface area contributed by atoms with Crippen LogP contribution in [0.3, 0.4) is 0 Å². The Kier molecular flexibility index (Phi) is 5.43. The molecule has 1 amide bonds. The molecule has 2 N–H and O–H groups in total. The summed E-state index contributed by atoms with van der Waals surface area (Å²) in [5.74, 6) is -0.874. The van der Waals surface area contributed by atoms with Gasteiger partial charge in [-0.05, 0) is 29.8 Å². The number of carbonyl (C=O) groups excluding carboxylic acids is 2. The standard InChI is InChI=1S/C20H19N3O3/c1-26-20(25)18(12-14-13-22-17-8-3-2-7-16(14)17)23-19(24)10-9-15-6-4-5-11-21-15/h2-11,13,18,22H,12H2,1H3,(H,23,24)/b10-9+. The van der Waals surface area contributed by atoms with Gasteiger partial charge >= 0.3 is 5.97 Å². The van der Waals surface area contributed by atoms with E-state index in [1.807, 2.05) is 36.5 Å². The molecule has 1 atom stereocenters. The number of carbonyl (C=O) groups is 2. The van der Waals surface area contributed by atoms with E-state index in [1.54, 1.807) is 24.4 Å². The number of hydrogen-bond acceptors (Lipinski definition) is 4. The van der Waals surface area contributed by atoms with Crippen LogP contribution in [0.1, 0.15) is 11.3 Å². The average molecular weight is 349 g/mol. The summed E-state index contributed by atoms with van der Waals surface area (Å²) in [5.41, 5.74) is 2.58. The van der Waals surface area contributed by atoms with Gasteiger partial charge in [0.2, 0.25) is 5.91 Å².